The van der Waals surface area contributed by atoms with E-state index in [0.717, 1.165) is 22.7 Å². The standard InChI is InChI=1S/C77H76N2/c1-5-7-9-11-13-19-49-77(50-20-14-12-10-8-6-2)73-51-56(4)33-46-69(73)70-47-38-61(54-74(70)77)58-36-44-65(45-37-58)78(63-40-31-55(3)32-41-63)64-42-34-57(35-43-64)60-39-48-76-72(53-60)71-28-17-18-30-75(71)79(76)66-26-21-25-62(52-66)68-29-22-24-59-23-15-16-27-67(59)68/h15-18,21-48,51-54H,5-14,19-20,49-50H2,1-4H3. The van der Waals surface area contributed by atoms with Crippen LogP contribution in [0.15, 0.2) is 218 Å². The number of fused-ring (bicyclic) bond motifs is 7. The monoisotopic (exact) mass is 1030 g/mol. The van der Waals surface area contributed by atoms with Crippen molar-refractivity contribution < 1.29 is 0 Å². The molecule has 2 heteroatoms. The van der Waals surface area contributed by atoms with Gasteiger partial charge in [0.1, 0.15) is 0 Å². The number of para-hydroxylation sites is 1. The van der Waals surface area contributed by atoms with Crippen LogP contribution in [-0.2, 0) is 5.41 Å². The van der Waals surface area contributed by atoms with Crippen LogP contribution in [0.2, 0.25) is 0 Å². The van der Waals surface area contributed by atoms with Gasteiger partial charge in [-0.25, -0.2) is 0 Å². The lowest BCUT2D eigenvalue weighted by atomic mass is 9.70. The predicted octanol–water partition coefficient (Wildman–Crippen LogP) is 22.8. The molecule has 0 amide bonds. The average molecular weight is 1030 g/mol. The SMILES string of the molecule is CCCCCCCCC1(CCCCCCCC)c2cc(C)ccc2-c2ccc(-c3ccc(N(c4ccc(C)cc4)c4ccc(-c5ccc6c(c5)c5ccccc5n6-c5cccc(-c6cccc7ccccc67)c5)cc4)cc3)cc21. The quantitative estimate of drug-likeness (QED) is 0.0651. The van der Waals surface area contributed by atoms with Gasteiger partial charge in [0.2, 0.25) is 0 Å². The fourth-order valence-corrected chi connectivity index (χ4v) is 13.3. The second-order valence-electron chi connectivity index (χ2n) is 22.9. The summed E-state index contributed by atoms with van der Waals surface area (Å²) in [4.78, 5) is 2.41. The first kappa shape index (κ1) is 51.8. The molecule has 0 bridgehead atoms. The van der Waals surface area contributed by atoms with Gasteiger partial charge in [-0.2, -0.15) is 0 Å². The maximum atomic E-state index is 2.60. The average Bonchev–Trinajstić information content (AvgIpc) is 4.14. The van der Waals surface area contributed by atoms with Gasteiger partial charge in [0, 0.05) is 38.9 Å². The second kappa shape index (κ2) is 23.2. The third kappa shape index (κ3) is 10.4. The highest BCUT2D eigenvalue weighted by atomic mass is 15.1. The van der Waals surface area contributed by atoms with E-state index < -0.39 is 0 Å². The molecule has 0 spiro atoms. The molecule has 12 rings (SSSR count). The Morgan fingerprint density at radius 1 is 0.342 bits per heavy atom. The number of unbranched alkanes of at least 4 members (excludes halogenated alkanes) is 10. The normalized spacial score (nSPS) is 12.6. The number of hydrogen-bond donors (Lipinski definition) is 0. The van der Waals surface area contributed by atoms with E-state index in [1.165, 1.54) is 178 Å². The zero-order chi connectivity index (χ0) is 53.7. The molecule has 1 aliphatic carbocycles. The van der Waals surface area contributed by atoms with Crippen LogP contribution in [0.3, 0.4) is 0 Å². The van der Waals surface area contributed by atoms with Gasteiger partial charge < -0.3 is 9.47 Å². The van der Waals surface area contributed by atoms with Crippen LogP contribution in [0.1, 0.15) is 126 Å². The predicted molar refractivity (Wildman–Crippen MR) is 341 cm³/mol. The number of anilines is 3. The van der Waals surface area contributed by atoms with Gasteiger partial charge in [0.05, 0.1) is 11.0 Å². The molecule has 11 aromatic rings. The lowest BCUT2D eigenvalue weighted by Crippen LogP contribution is -2.25. The van der Waals surface area contributed by atoms with Crippen LogP contribution in [0.25, 0.3) is 82.8 Å². The van der Waals surface area contributed by atoms with Gasteiger partial charge in [-0.3, -0.25) is 0 Å². The van der Waals surface area contributed by atoms with Crippen LogP contribution >= 0.6 is 0 Å². The summed E-state index contributed by atoms with van der Waals surface area (Å²) in [5.74, 6) is 0. The van der Waals surface area contributed by atoms with Crippen molar-refractivity contribution in [3.63, 3.8) is 0 Å². The molecule has 394 valence electrons. The minimum atomic E-state index is 0.0485. The van der Waals surface area contributed by atoms with Crippen molar-refractivity contribution in [3.8, 4) is 50.2 Å². The highest BCUT2D eigenvalue weighted by Gasteiger charge is 2.42. The topological polar surface area (TPSA) is 8.17 Å². The molecular weight excluding hydrogens is 953 g/mol. The molecule has 0 aliphatic heterocycles. The Labute approximate surface area is 470 Å². The molecule has 1 aromatic heterocycles. The van der Waals surface area contributed by atoms with Crippen molar-refractivity contribution in [2.45, 2.75) is 123 Å². The van der Waals surface area contributed by atoms with Crippen LogP contribution in [0, 0.1) is 13.8 Å². The third-order valence-corrected chi connectivity index (χ3v) is 17.5. The Balaban J connectivity index is 0.853. The van der Waals surface area contributed by atoms with E-state index >= 15 is 0 Å². The van der Waals surface area contributed by atoms with E-state index in [-0.39, 0.29) is 5.41 Å². The molecule has 0 N–H and O–H groups in total. The van der Waals surface area contributed by atoms with Crippen LogP contribution in [0.4, 0.5) is 17.1 Å². The zero-order valence-electron chi connectivity index (χ0n) is 47.1. The minimum absolute atomic E-state index is 0.0485. The summed E-state index contributed by atoms with van der Waals surface area (Å²) in [5.41, 5.74) is 23.1. The number of hydrogen-bond acceptors (Lipinski definition) is 1. The molecule has 1 heterocycles. The smallest absolute Gasteiger partial charge is 0.0541 e. The lowest BCUT2D eigenvalue weighted by molar-refractivity contribution is 0.398. The van der Waals surface area contributed by atoms with Gasteiger partial charge in [-0.15, -0.1) is 0 Å². The highest BCUT2D eigenvalue weighted by Crippen LogP contribution is 2.55. The first-order valence-electron chi connectivity index (χ1n) is 29.9. The molecule has 0 saturated carbocycles. The lowest BCUT2D eigenvalue weighted by Gasteiger charge is -2.33. The summed E-state index contributed by atoms with van der Waals surface area (Å²) >= 11 is 0. The Morgan fingerprint density at radius 2 is 0.848 bits per heavy atom. The first-order chi connectivity index (χ1) is 38.9. The van der Waals surface area contributed by atoms with Crippen molar-refractivity contribution in [3.05, 3.63) is 241 Å². The molecule has 79 heavy (non-hydrogen) atoms. The van der Waals surface area contributed by atoms with Crippen molar-refractivity contribution >= 4 is 49.6 Å². The molecule has 1 aliphatic rings. The van der Waals surface area contributed by atoms with E-state index in [1.807, 2.05) is 0 Å². The van der Waals surface area contributed by atoms with E-state index in [9.17, 15) is 0 Å². The van der Waals surface area contributed by atoms with Crippen molar-refractivity contribution in [1.29, 1.82) is 0 Å². The fraction of sp³-hybridized carbons (Fsp3) is 0.247. The summed E-state index contributed by atoms with van der Waals surface area (Å²) in [6.45, 7) is 9.11. The molecule has 0 saturated heterocycles. The number of rotatable bonds is 21. The molecule has 2 nitrogen and oxygen atoms in total. The number of benzene rings is 10. The third-order valence-electron chi connectivity index (χ3n) is 17.5. The molecular formula is C77H76N2. The van der Waals surface area contributed by atoms with Gasteiger partial charge in [0.25, 0.3) is 0 Å². The number of aryl methyl sites for hydroxylation is 2. The Kier molecular flexibility index (Phi) is 15.2. The van der Waals surface area contributed by atoms with Crippen molar-refractivity contribution in [1.82, 2.24) is 4.57 Å². The highest BCUT2D eigenvalue weighted by molar-refractivity contribution is 6.10. The maximum Gasteiger partial charge on any atom is 0.0541 e. The maximum absolute atomic E-state index is 2.60. The number of nitrogens with zero attached hydrogens (tertiary/aromatic N) is 2. The Hall–Kier alpha value is -7.94. The molecule has 0 atom stereocenters. The van der Waals surface area contributed by atoms with Gasteiger partial charge >= 0.3 is 0 Å². The van der Waals surface area contributed by atoms with Crippen LogP contribution in [0.5, 0.6) is 0 Å². The van der Waals surface area contributed by atoms with Gasteiger partial charge in [0.15, 0.2) is 0 Å². The van der Waals surface area contributed by atoms with Crippen molar-refractivity contribution in [2.75, 3.05) is 4.90 Å². The van der Waals surface area contributed by atoms with Crippen LogP contribution in [-0.4, -0.2) is 4.57 Å². The molecule has 10 aromatic carbocycles. The largest absolute Gasteiger partial charge is 0.311 e. The summed E-state index contributed by atoms with van der Waals surface area (Å²) in [6.07, 6.45) is 18.4. The molecule has 0 unspecified atom stereocenters. The van der Waals surface area contributed by atoms with Gasteiger partial charge in [-0.1, -0.05) is 248 Å². The Morgan fingerprint density at radius 3 is 1.53 bits per heavy atom. The number of aromatic nitrogens is 1. The van der Waals surface area contributed by atoms with Gasteiger partial charge in [-0.05, 0) is 166 Å². The second-order valence-corrected chi connectivity index (χ2v) is 22.9. The zero-order valence-corrected chi connectivity index (χ0v) is 47.1. The minimum Gasteiger partial charge on any atom is -0.311 e. The first-order valence-corrected chi connectivity index (χ1v) is 29.9. The van der Waals surface area contributed by atoms with Crippen LogP contribution < -0.4 is 4.90 Å². The summed E-state index contributed by atoms with van der Waals surface area (Å²) < 4.78 is 2.43. The Bertz CT molecular complexity index is 3870. The fourth-order valence-electron chi connectivity index (χ4n) is 13.3. The summed E-state index contributed by atoms with van der Waals surface area (Å²) in [5, 5.41) is 5.02. The summed E-state index contributed by atoms with van der Waals surface area (Å²) in [6, 6.07) is 82.4. The van der Waals surface area contributed by atoms with E-state index in [2.05, 4.69) is 256 Å². The molecule has 0 fully saturated rings. The summed E-state index contributed by atoms with van der Waals surface area (Å²) in [7, 11) is 0. The van der Waals surface area contributed by atoms with Crippen molar-refractivity contribution in [2.24, 2.45) is 0 Å². The van der Waals surface area contributed by atoms with E-state index in [0.29, 0.717) is 0 Å². The molecule has 0 radical (unpaired) electrons. The van der Waals surface area contributed by atoms with E-state index in [4.69, 9.17) is 0 Å². The van der Waals surface area contributed by atoms with E-state index in [1.54, 1.807) is 11.1 Å².